The van der Waals surface area contributed by atoms with E-state index < -0.39 is 22.7 Å². The van der Waals surface area contributed by atoms with Crippen LogP contribution in [-0.2, 0) is 16.6 Å². The molecule has 0 amide bonds. The summed E-state index contributed by atoms with van der Waals surface area (Å²) in [6, 6.07) is 6.50. The van der Waals surface area contributed by atoms with E-state index >= 15 is 0 Å². The zero-order valence-electron chi connectivity index (χ0n) is 16.9. The molecule has 2 aliphatic rings. The maximum Gasteiger partial charge on any atom is 0.401 e. The molecule has 30 heavy (non-hydrogen) atoms. The quantitative estimate of drug-likeness (QED) is 0.418. The number of likely N-dealkylation sites (tertiary alicyclic amines) is 1. The molecule has 1 atom stereocenters. The van der Waals surface area contributed by atoms with Crippen molar-refractivity contribution in [1.29, 1.82) is 0 Å². The molecule has 0 bridgehead atoms. The lowest BCUT2D eigenvalue weighted by molar-refractivity contribution is -0.143. The minimum Gasteiger partial charge on any atom is -0.357 e. The molecule has 1 heterocycles. The Bertz CT molecular complexity index is 839. The Balaban J connectivity index is 1.55. The minimum absolute atomic E-state index is 0.0515. The Morgan fingerprint density at radius 2 is 1.87 bits per heavy atom. The topological polar surface area (TPSA) is 85.8 Å². The van der Waals surface area contributed by atoms with Crippen LogP contribution in [0.1, 0.15) is 31.7 Å². The summed E-state index contributed by atoms with van der Waals surface area (Å²) in [4.78, 5) is 6.10. The van der Waals surface area contributed by atoms with Gasteiger partial charge in [0.1, 0.15) is 0 Å². The van der Waals surface area contributed by atoms with Crippen LogP contribution < -0.4 is 15.4 Å². The second-order valence-corrected chi connectivity index (χ2v) is 9.43. The van der Waals surface area contributed by atoms with Crippen molar-refractivity contribution < 1.29 is 21.6 Å². The largest absolute Gasteiger partial charge is 0.401 e. The number of aliphatic imine (C=N–C) groups is 1. The fourth-order valence-corrected chi connectivity index (χ4v) is 4.60. The lowest BCUT2D eigenvalue weighted by Gasteiger charge is -2.19. The SMILES string of the molecule is CCNC(=NCc1ccc(S(=O)(=O)NC2CC2)cc1)NC1CCN(CC(F)(F)F)C1. The predicted molar refractivity (Wildman–Crippen MR) is 109 cm³/mol. The lowest BCUT2D eigenvalue weighted by atomic mass is 10.2. The van der Waals surface area contributed by atoms with Crippen LogP contribution in [0.5, 0.6) is 0 Å². The van der Waals surface area contributed by atoms with Crippen LogP contribution in [0.3, 0.4) is 0 Å². The van der Waals surface area contributed by atoms with Gasteiger partial charge in [0.05, 0.1) is 18.0 Å². The first kappa shape index (κ1) is 22.8. The van der Waals surface area contributed by atoms with Crippen molar-refractivity contribution in [3.05, 3.63) is 29.8 Å². The van der Waals surface area contributed by atoms with Gasteiger partial charge in [-0.05, 0) is 43.9 Å². The normalized spacial score (nSPS) is 21.1. The van der Waals surface area contributed by atoms with Gasteiger partial charge in [0, 0.05) is 31.7 Å². The van der Waals surface area contributed by atoms with Crippen LogP contribution in [0.4, 0.5) is 13.2 Å². The molecule has 0 aromatic heterocycles. The monoisotopic (exact) mass is 447 g/mol. The highest BCUT2D eigenvalue weighted by molar-refractivity contribution is 7.89. The van der Waals surface area contributed by atoms with E-state index in [1.165, 1.54) is 4.90 Å². The summed E-state index contributed by atoms with van der Waals surface area (Å²) in [5.41, 5.74) is 0.836. The van der Waals surface area contributed by atoms with Crippen molar-refractivity contribution in [2.45, 2.75) is 55.9 Å². The average molecular weight is 448 g/mol. The van der Waals surface area contributed by atoms with E-state index in [9.17, 15) is 21.6 Å². The van der Waals surface area contributed by atoms with Crippen LogP contribution in [-0.4, -0.2) is 63.7 Å². The van der Waals surface area contributed by atoms with Crippen LogP contribution in [0.15, 0.2) is 34.2 Å². The fraction of sp³-hybridized carbons (Fsp3) is 0.632. The zero-order chi connectivity index (χ0) is 21.8. The molecule has 2 fully saturated rings. The summed E-state index contributed by atoms with van der Waals surface area (Å²) >= 11 is 0. The van der Waals surface area contributed by atoms with Gasteiger partial charge in [-0.2, -0.15) is 13.2 Å². The van der Waals surface area contributed by atoms with E-state index in [1.54, 1.807) is 24.3 Å². The zero-order valence-corrected chi connectivity index (χ0v) is 17.7. The maximum absolute atomic E-state index is 12.6. The number of nitrogens with zero attached hydrogens (tertiary/aromatic N) is 2. The Hall–Kier alpha value is -1.85. The van der Waals surface area contributed by atoms with Crippen molar-refractivity contribution in [2.75, 3.05) is 26.2 Å². The molecule has 1 unspecified atom stereocenters. The number of halogens is 3. The van der Waals surface area contributed by atoms with Crippen molar-refractivity contribution in [1.82, 2.24) is 20.3 Å². The third-order valence-corrected chi connectivity index (χ3v) is 6.45. The lowest BCUT2D eigenvalue weighted by Crippen LogP contribution is -2.45. The Morgan fingerprint density at radius 3 is 2.47 bits per heavy atom. The second kappa shape index (κ2) is 9.52. The van der Waals surface area contributed by atoms with E-state index in [4.69, 9.17) is 0 Å². The molecule has 1 saturated carbocycles. The molecule has 1 saturated heterocycles. The van der Waals surface area contributed by atoms with Crippen molar-refractivity contribution >= 4 is 16.0 Å². The summed E-state index contributed by atoms with van der Waals surface area (Å²) in [5, 5.41) is 6.29. The predicted octanol–water partition coefficient (Wildman–Crippen LogP) is 1.82. The van der Waals surface area contributed by atoms with Crippen LogP contribution in [0, 0.1) is 0 Å². The van der Waals surface area contributed by atoms with Gasteiger partial charge in [-0.25, -0.2) is 18.1 Å². The van der Waals surface area contributed by atoms with Crippen LogP contribution in [0.25, 0.3) is 0 Å². The first-order valence-corrected chi connectivity index (χ1v) is 11.6. The highest BCUT2D eigenvalue weighted by atomic mass is 32.2. The highest BCUT2D eigenvalue weighted by Gasteiger charge is 2.34. The number of hydrogen-bond acceptors (Lipinski definition) is 4. The number of hydrogen-bond donors (Lipinski definition) is 3. The molecule has 168 valence electrons. The summed E-state index contributed by atoms with van der Waals surface area (Å²) < 4.78 is 64.7. The van der Waals surface area contributed by atoms with Gasteiger partial charge in [-0.3, -0.25) is 4.90 Å². The summed E-state index contributed by atoms with van der Waals surface area (Å²) in [5.74, 6) is 0.531. The number of benzene rings is 1. The number of rotatable bonds is 8. The molecule has 0 spiro atoms. The first-order chi connectivity index (χ1) is 14.1. The molecule has 1 aliphatic heterocycles. The van der Waals surface area contributed by atoms with Crippen molar-refractivity contribution in [2.24, 2.45) is 4.99 Å². The molecule has 7 nitrogen and oxygen atoms in total. The van der Waals surface area contributed by atoms with Gasteiger partial charge in [0.15, 0.2) is 5.96 Å². The van der Waals surface area contributed by atoms with Crippen molar-refractivity contribution in [3.8, 4) is 0 Å². The fourth-order valence-electron chi connectivity index (χ4n) is 3.29. The number of alkyl halides is 3. The second-order valence-electron chi connectivity index (χ2n) is 7.71. The molecule has 3 rings (SSSR count). The molecule has 1 aliphatic carbocycles. The minimum atomic E-state index is -4.19. The third kappa shape index (κ3) is 7.13. The molecule has 3 N–H and O–H groups in total. The standard InChI is InChI=1S/C19H28F3N5O2S/c1-2-23-18(25-16-9-10-27(12-16)13-19(20,21)22)24-11-14-3-7-17(8-4-14)30(28,29)26-15-5-6-15/h3-4,7-8,15-16,26H,2,5-6,9-13H2,1H3,(H2,23,24,25). The van der Waals surface area contributed by atoms with Gasteiger partial charge in [0.25, 0.3) is 0 Å². The molecule has 1 aromatic rings. The van der Waals surface area contributed by atoms with E-state index in [1.807, 2.05) is 6.92 Å². The van der Waals surface area contributed by atoms with E-state index in [0.717, 1.165) is 18.4 Å². The van der Waals surface area contributed by atoms with Crippen LogP contribution in [0.2, 0.25) is 0 Å². The van der Waals surface area contributed by atoms with Gasteiger partial charge in [-0.1, -0.05) is 12.1 Å². The third-order valence-electron chi connectivity index (χ3n) is 4.91. The number of nitrogens with one attached hydrogen (secondary N) is 3. The first-order valence-electron chi connectivity index (χ1n) is 10.1. The molecule has 1 aromatic carbocycles. The Morgan fingerprint density at radius 1 is 1.17 bits per heavy atom. The highest BCUT2D eigenvalue weighted by Crippen LogP contribution is 2.22. The molecular formula is C19H28F3N5O2S. The van der Waals surface area contributed by atoms with Gasteiger partial charge >= 0.3 is 6.18 Å². The Labute approximate surface area is 175 Å². The average Bonchev–Trinajstić information content (AvgIpc) is 3.36. The van der Waals surface area contributed by atoms with Gasteiger partial charge < -0.3 is 10.6 Å². The van der Waals surface area contributed by atoms with E-state index in [-0.39, 0.29) is 17.0 Å². The van der Waals surface area contributed by atoms with Gasteiger partial charge in [-0.15, -0.1) is 0 Å². The Kier molecular flexibility index (Phi) is 7.25. The van der Waals surface area contributed by atoms with Gasteiger partial charge in [0.2, 0.25) is 10.0 Å². The maximum atomic E-state index is 12.6. The van der Waals surface area contributed by atoms with E-state index in [2.05, 4.69) is 20.3 Å². The van der Waals surface area contributed by atoms with Crippen molar-refractivity contribution in [3.63, 3.8) is 0 Å². The van der Waals surface area contributed by atoms with Crippen LogP contribution >= 0.6 is 0 Å². The number of sulfonamides is 1. The smallest absolute Gasteiger partial charge is 0.357 e. The number of guanidine groups is 1. The van der Waals surface area contributed by atoms with E-state index in [0.29, 0.717) is 38.6 Å². The summed E-state index contributed by atoms with van der Waals surface area (Å²) in [6.45, 7) is 2.66. The summed E-state index contributed by atoms with van der Waals surface area (Å²) in [6.07, 6.45) is -1.83. The molecule has 11 heteroatoms. The molecule has 0 radical (unpaired) electrons. The summed E-state index contributed by atoms with van der Waals surface area (Å²) in [7, 11) is -3.48. The molecular weight excluding hydrogens is 419 g/mol.